The van der Waals surface area contributed by atoms with Gasteiger partial charge in [0.2, 0.25) is 17.7 Å². The van der Waals surface area contributed by atoms with Crippen molar-refractivity contribution in [3.63, 3.8) is 0 Å². The van der Waals surface area contributed by atoms with Crippen LogP contribution in [0.15, 0.2) is 0 Å². The molecule has 0 aromatic rings. The number of aliphatic hydroxyl groups excluding tert-OH is 1. The van der Waals surface area contributed by atoms with E-state index in [0.29, 0.717) is 19.4 Å². The molecule has 0 radical (unpaired) electrons. The first-order chi connectivity index (χ1) is 14.8. The first-order valence-corrected chi connectivity index (χ1v) is 11.1. The number of rotatable bonds is 15. The number of carboxylic acids is 1. The number of carboxylic acid groups (broad SMARTS) is 1. The normalized spacial score (nSPS) is 16.1. The van der Waals surface area contributed by atoms with Gasteiger partial charge in [0, 0.05) is 0 Å². The molecular weight excluding hydrogens is 418 g/mol. The minimum Gasteiger partial charge on any atom is -0.480 e. The average molecular weight is 460 g/mol. The molecule has 0 saturated heterocycles. The van der Waals surface area contributed by atoms with Gasteiger partial charge < -0.3 is 37.6 Å². The third-order valence-electron chi connectivity index (χ3n) is 4.99. The Hall–Kier alpha value is -2.24. The molecule has 5 atom stereocenters. The second-order valence-corrected chi connectivity index (χ2v) is 8.87. The fraction of sp³-hybridized carbons (Fsp3) is 0.810. The van der Waals surface area contributed by atoms with Crippen LogP contribution in [0.2, 0.25) is 0 Å². The lowest BCUT2D eigenvalue weighted by atomic mass is 10.0. The molecule has 0 bridgehead atoms. The molecule has 0 heterocycles. The molecule has 32 heavy (non-hydrogen) atoms. The van der Waals surface area contributed by atoms with Crippen LogP contribution < -0.4 is 27.4 Å². The summed E-state index contributed by atoms with van der Waals surface area (Å²) >= 11 is 0. The Balaban J connectivity index is 5.45. The van der Waals surface area contributed by atoms with Crippen LogP contribution in [0.25, 0.3) is 0 Å². The van der Waals surface area contributed by atoms with Crippen LogP contribution in [0, 0.1) is 11.8 Å². The quantitative estimate of drug-likeness (QED) is 0.152. The van der Waals surface area contributed by atoms with Crippen molar-refractivity contribution >= 4 is 23.7 Å². The summed E-state index contributed by atoms with van der Waals surface area (Å²) < 4.78 is 0. The second kappa shape index (κ2) is 14.8. The van der Waals surface area contributed by atoms with Gasteiger partial charge in [-0.1, -0.05) is 27.7 Å². The summed E-state index contributed by atoms with van der Waals surface area (Å²) in [6, 6.07) is -4.36. The third-order valence-corrected chi connectivity index (χ3v) is 4.99. The molecule has 0 spiro atoms. The number of aliphatic carboxylic acids is 1. The highest BCUT2D eigenvalue weighted by atomic mass is 16.4. The minimum absolute atomic E-state index is 0.0293. The van der Waals surface area contributed by atoms with E-state index >= 15 is 0 Å². The Morgan fingerprint density at radius 2 is 1.41 bits per heavy atom. The zero-order chi connectivity index (χ0) is 25.0. The van der Waals surface area contributed by atoms with E-state index in [1.807, 2.05) is 13.8 Å². The van der Waals surface area contributed by atoms with Gasteiger partial charge in [-0.05, 0) is 51.0 Å². The van der Waals surface area contributed by atoms with Crippen molar-refractivity contribution in [3.05, 3.63) is 0 Å². The molecule has 0 aliphatic heterocycles. The first-order valence-electron chi connectivity index (χ1n) is 11.1. The SMILES string of the molecule is CC(C)CC(NC(=O)C(CCCCN)NC(=O)C(NC(=O)C(N)C(C)C)C(C)O)C(=O)O. The van der Waals surface area contributed by atoms with Crippen molar-refractivity contribution in [1.82, 2.24) is 16.0 Å². The van der Waals surface area contributed by atoms with Crippen LogP contribution in [-0.2, 0) is 19.2 Å². The number of carbonyl (C=O) groups excluding carboxylic acids is 3. The van der Waals surface area contributed by atoms with Gasteiger partial charge in [-0.25, -0.2) is 4.79 Å². The first kappa shape index (κ1) is 29.8. The molecule has 11 heteroatoms. The number of carbonyl (C=O) groups is 4. The summed E-state index contributed by atoms with van der Waals surface area (Å²) in [7, 11) is 0. The Morgan fingerprint density at radius 1 is 0.844 bits per heavy atom. The summed E-state index contributed by atoms with van der Waals surface area (Å²) in [6.45, 7) is 8.89. The molecule has 0 aromatic carbocycles. The number of nitrogens with one attached hydrogen (secondary N) is 3. The molecule has 9 N–H and O–H groups in total. The standard InChI is InChI=1S/C21H41N5O6/c1-11(2)10-15(21(31)32)25-18(28)14(8-6-7-9-22)24-20(30)17(13(5)27)26-19(29)16(23)12(3)4/h11-17,27H,6-10,22-23H2,1-5H3,(H,24,30)(H,25,28)(H,26,29)(H,31,32). The van der Waals surface area contributed by atoms with E-state index in [0.717, 1.165) is 0 Å². The van der Waals surface area contributed by atoms with Gasteiger partial charge in [-0.2, -0.15) is 0 Å². The van der Waals surface area contributed by atoms with Crippen molar-refractivity contribution in [2.24, 2.45) is 23.3 Å². The van der Waals surface area contributed by atoms with Crippen molar-refractivity contribution in [3.8, 4) is 0 Å². The zero-order valence-corrected chi connectivity index (χ0v) is 19.8. The number of hydrogen-bond donors (Lipinski definition) is 7. The van der Waals surface area contributed by atoms with Crippen LogP contribution in [0.1, 0.15) is 60.3 Å². The molecule has 186 valence electrons. The van der Waals surface area contributed by atoms with E-state index in [1.54, 1.807) is 13.8 Å². The van der Waals surface area contributed by atoms with Gasteiger partial charge in [-0.15, -0.1) is 0 Å². The molecule has 11 nitrogen and oxygen atoms in total. The lowest BCUT2D eigenvalue weighted by molar-refractivity contribution is -0.143. The summed E-state index contributed by atoms with van der Waals surface area (Å²) in [4.78, 5) is 49.4. The maximum atomic E-state index is 12.8. The molecule has 5 unspecified atom stereocenters. The van der Waals surface area contributed by atoms with E-state index in [2.05, 4.69) is 16.0 Å². The average Bonchev–Trinajstić information content (AvgIpc) is 2.68. The Morgan fingerprint density at radius 3 is 1.84 bits per heavy atom. The number of hydrogen-bond acceptors (Lipinski definition) is 7. The molecule has 0 fully saturated rings. The predicted octanol–water partition coefficient (Wildman–Crippen LogP) is -0.935. The number of nitrogens with two attached hydrogens (primary N) is 2. The Bertz CT molecular complexity index is 626. The van der Waals surface area contributed by atoms with Gasteiger partial charge in [0.05, 0.1) is 12.1 Å². The Kier molecular flexibility index (Phi) is 13.7. The van der Waals surface area contributed by atoms with Gasteiger partial charge in [0.15, 0.2) is 0 Å². The van der Waals surface area contributed by atoms with Crippen LogP contribution in [-0.4, -0.2) is 70.7 Å². The lowest BCUT2D eigenvalue weighted by Gasteiger charge is -2.27. The van der Waals surface area contributed by atoms with Crippen LogP contribution in [0.3, 0.4) is 0 Å². The van der Waals surface area contributed by atoms with E-state index in [1.165, 1.54) is 6.92 Å². The highest BCUT2D eigenvalue weighted by Crippen LogP contribution is 2.08. The van der Waals surface area contributed by atoms with Crippen molar-refractivity contribution in [2.75, 3.05) is 6.54 Å². The maximum absolute atomic E-state index is 12.8. The number of unbranched alkanes of at least 4 members (excludes halogenated alkanes) is 1. The largest absolute Gasteiger partial charge is 0.480 e. The van der Waals surface area contributed by atoms with Crippen molar-refractivity contribution in [2.45, 2.75) is 90.6 Å². The number of amides is 3. The minimum atomic E-state index is -1.33. The predicted molar refractivity (Wildman–Crippen MR) is 120 cm³/mol. The van der Waals surface area contributed by atoms with Gasteiger partial charge in [0.25, 0.3) is 0 Å². The molecule has 0 saturated carbocycles. The smallest absolute Gasteiger partial charge is 0.326 e. The van der Waals surface area contributed by atoms with E-state index in [-0.39, 0.29) is 24.7 Å². The molecule has 0 rings (SSSR count). The number of aliphatic hydroxyl groups is 1. The van der Waals surface area contributed by atoms with E-state index in [9.17, 15) is 29.4 Å². The van der Waals surface area contributed by atoms with Gasteiger partial charge in [0.1, 0.15) is 18.1 Å². The molecular formula is C21H41N5O6. The highest BCUT2D eigenvalue weighted by molar-refractivity contribution is 5.94. The highest BCUT2D eigenvalue weighted by Gasteiger charge is 2.32. The molecule has 0 aliphatic rings. The Labute approximate surface area is 190 Å². The van der Waals surface area contributed by atoms with Gasteiger partial charge in [-0.3, -0.25) is 14.4 Å². The third kappa shape index (κ3) is 10.9. The summed E-state index contributed by atoms with van der Waals surface area (Å²) in [5, 5.41) is 26.8. The molecule has 3 amide bonds. The fourth-order valence-corrected chi connectivity index (χ4v) is 2.95. The van der Waals surface area contributed by atoms with Crippen LogP contribution in [0.5, 0.6) is 0 Å². The fourth-order valence-electron chi connectivity index (χ4n) is 2.95. The maximum Gasteiger partial charge on any atom is 0.326 e. The summed E-state index contributed by atoms with van der Waals surface area (Å²) in [5.74, 6) is -3.35. The van der Waals surface area contributed by atoms with E-state index in [4.69, 9.17) is 11.5 Å². The lowest BCUT2D eigenvalue weighted by Crippen LogP contribution is -2.60. The molecule has 0 aromatic heterocycles. The second-order valence-electron chi connectivity index (χ2n) is 8.87. The van der Waals surface area contributed by atoms with Crippen LogP contribution in [0.4, 0.5) is 0 Å². The summed E-state index contributed by atoms with van der Waals surface area (Å²) in [5.41, 5.74) is 11.3. The van der Waals surface area contributed by atoms with Crippen molar-refractivity contribution < 1.29 is 29.4 Å². The topological polar surface area (TPSA) is 197 Å². The van der Waals surface area contributed by atoms with Crippen molar-refractivity contribution in [1.29, 1.82) is 0 Å². The van der Waals surface area contributed by atoms with Gasteiger partial charge >= 0.3 is 5.97 Å². The van der Waals surface area contributed by atoms with E-state index < -0.39 is 54.0 Å². The summed E-state index contributed by atoms with van der Waals surface area (Å²) in [6.07, 6.45) is 0.312. The zero-order valence-electron chi connectivity index (χ0n) is 19.8. The molecule has 0 aliphatic carbocycles. The monoisotopic (exact) mass is 459 g/mol. The van der Waals surface area contributed by atoms with Crippen LogP contribution >= 0.6 is 0 Å².